The molecule has 0 radical (unpaired) electrons. The van der Waals surface area contributed by atoms with Gasteiger partial charge in [0.25, 0.3) is 0 Å². The average molecular weight is 161 g/mol. The largest absolute Gasteiger partial charge is 0.321 e. The third kappa shape index (κ3) is 2.51. The molecule has 1 rings (SSSR count). The zero-order valence-corrected chi connectivity index (χ0v) is 7.62. The standard InChI is InChI=1S/C11H15N/c1-9(2)8-11(12)10-6-4-3-5-7-10/h3-8,11H,12H2,1-2H3. The van der Waals surface area contributed by atoms with E-state index in [1.54, 1.807) is 0 Å². The Kier molecular flexibility index (Phi) is 3.06. The molecule has 12 heavy (non-hydrogen) atoms. The van der Waals surface area contributed by atoms with Gasteiger partial charge in [0.1, 0.15) is 0 Å². The Morgan fingerprint density at radius 2 is 1.83 bits per heavy atom. The van der Waals surface area contributed by atoms with Gasteiger partial charge >= 0.3 is 0 Å². The lowest BCUT2D eigenvalue weighted by Gasteiger charge is -2.06. The molecule has 0 saturated carbocycles. The second-order valence-corrected chi connectivity index (χ2v) is 3.18. The Morgan fingerprint density at radius 3 is 2.33 bits per heavy atom. The molecule has 0 aromatic heterocycles. The highest BCUT2D eigenvalue weighted by molar-refractivity contribution is 5.23. The van der Waals surface area contributed by atoms with Crippen molar-refractivity contribution < 1.29 is 0 Å². The lowest BCUT2D eigenvalue weighted by atomic mass is 10.1. The molecule has 1 aromatic carbocycles. The first-order valence-corrected chi connectivity index (χ1v) is 4.15. The number of allylic oxidation sites excluding steroid dienone is 1. The van der Waals surface area contributed by atoms with Crippen LogP contribution in [-0.4, -0.2) is 0 Å². The van der Waals surface area contributed by atoms with Crippen LogP contribution >= 0.6 is 0 Å². The van der Waals surface area contributed by atoms with Crippen LogP contribution in [0.4, 0.5) is 0 Å². The monoisotopic (exact) mass is 161 g/mol. The summed E-state index contributed by atoms with van der Waals surface area (Å²) < 4.78 is 0. The maximum atomic E-state index is 5.92. The van der Waals surface area contributed by atoms with Crippen molar-refractivity contribution in [1.82, 2.24) is 0 Å². The van der Waals surface area contributed by atoms with Gasteiger partial charge in [-0.05, 0) is 19.4 Å². The zero-order valence-electron chi connectivity index (χ0n) is 7.62. The molecule has 1 nitrogen and oxygen atoms in total. The summed E-state index contributed by atoms with van der Waals surface area (Å²) in [4.78, 5) is 0. The van der Waals surface area contributed by atoms with E-state index in [1.165, 1.54) is 11.1 Å². The van der Waals surface area contributed by atoms with Crippen molar-refractivity contribution in [2.75, 3.05) is 0 Å². The molecule has 0 bridgehead atoms. The van der Waals surface area contributed by atoms with E-state index >= 15 is 0 Å². The van der Waals surface area contributed by atoms with Crippen molar-refractivity contribution in [3.05, 3.63) is 47.5 Å². The summed E-state index contributed by atoms with van der Waals surface area (Å²) in [5.74, 6) is 0. The van der Waals surface area contributed by atoms with Crippen molar-refractivity contribution in [2.24, 2.45) is 5.73 Å². The fourth-order valence-corrected chi connectivity index (χ4v) is 1.13. The topological polar surface area (TPSA) is 26.0 Å². The lowest BCUT2D eigenvalue weighted by molar-refractivity contribution is 0.899. The smallest absolute Gasteiger partial charge is 0.0483 e. The van der Waals surface area contributed by atoms with Crippen LogP contribution in [0.25, 0.3) is 0 Å². The van der Waals surface area contributed by atoms with Crippen molar-refractivity contribution >= 4 is 0 Å². The van der Waals surface area contributed by atoms with E-state index in [-0.39, 0.29) is 6.04 Å². The van der Waals surface area contributed by atoms with Gasteiger partial charge in [-0.1, -0.05) is 42.0 Å². The van der Waals surface area contributed by atoms with E-state index in [2.05, 4.69) is 19.9 Å². The van der Waals surface area contributed by atoms with E-state index in [4.69, 9.17) is 5.73 Å². The fraction of sp³-hybridized carbons (Fsp3) is 0.273. The molecule has 64 valence electrons. The summed E-state index contributed by atoms with van der Waals surface area (Å²) in [6.45, 7) is 4.12. The first-order valence-electron chi connectivity index (χ1n) is 4.15. The molecule has 1 atom stereocenters. The van der Waals surface area contributed by atoms with Gasteiger partial charge in [-0.3, -0.25) is 0 Å². The van der Waals surface area contributed by atoms with Crippen molar-refractivity contribution in [3.8, 4) is 0 Å². The molecule has 0 spiro atoms. The second kappa shape index (κ2) is 4.07. The Bertz CT molecular complexity index is 258. The SMILES string of the molecule is CC(C)=CC(N)c1ccccc1. The summed E-state index contributed by atoms with van der Waals surface area (Å²) in [5, 5.41) is 0. The van der Waals surface area contributed by atoms with E-state index in [0.717, 1.165) is 0 Å². The van der Waals surface area contributed by atoms with Crippen LogP contribution in [0.1, 0.15) is 25.5 Å². The maximum Gasteiger partial charge on any atom is 0.0483 e. The van der Waals surface area contributed by atoms with E-state index < -0.39 is 0 Å². The third-order valence-electron chi connectivity index (χ3n) is 1.70. The quantitative estimate of drug-likeness (QED) is 0.663. The fourth-order valence-electron chi connectivity index (χ4n) is 1.13. The molecule has 1 heteroatoms. The number of hydrogen-bond donors (Lipinski definition) is 1. The summed E-state index contributed by atoms with van der Waals surface area (Å²) in [7, 11) is 0. The molecule has 0 aliphatic rings. The predicted octanol–water partition coefficient (Wildman–Crippen LogP) is 2.65. The minimum atomic E-state index is 0.0381. The van der Waals surface area contributed by atoms with Crippen LogP contribution in [0.15, 0.2) is 42.0 Å². The molecule has 2 N–H and O–H groups in total. The molecule has 0 aliphatic carbocycles. The minimum Gasteiger partial charge on any atom is -0.321 e. The highest BCUT2D eigenvalue weighted by Crippen LogP contribution is 2.12. The normalized spacial score (nSPS) is 12.2. The van der Waals surface area contributed by atoms with Gasteiger partial charge in [0.05, 0.1) is 0 Å². The molecule has 1 unspecified atom stereocenters. The molecule has 0 aliphatic heterocycles. The lowest BCUT2D eigenvalue weighted by Crippen LogP contribution is -2.06. The van der Waals surface area contributed by atoms with Gasteiger partial charge in [0.2, 0.25) is 0 Å². The van der Waals surface area contributed by atoms with Crippen molar-refractivity contribution in [2.45, 2.75) is 19.9 Å². The van der Waals surface area contributed by atoms with Gasteiger partial charge in [-0.15, -0.1) is 0 Å². The van der Waals surface area contributed by atoms with Crippen LogP contribution in [0.5, 0.6) is 0 Å². The molecule has 0 fully saturated rings. The maximum absolute atomic E-state index is 5.92. The molecule has 1 aromatic rings. The van der Waals surface area contributed by atoms with Crippen LogP contribution in [0, 0.1) is 0 Å². The highest BCUT2D eigenvalue weighted by atomic mass is 14.6. The van der Waals surface area contributed by atoms with Crippen LogP contribution in [0.3, 0.4) is 0 Å². The van der Waals surface area contributed by atoms with Crippen LogP contribution in [0.2, 0.25) is 0 Å². The number of benzene rings is 1. The molecule has 0 amide bonds. The highest BCUT2D eigenvalue weighted by Gasteiger charge is 1.99. The van der Waals surface area contributed by atoms with E-state index in [9.17, 15) is 0 Å². The van der Waals surface area contributed by atoms with E-state index in [1.807, 2.05) is 30.3 Å². The summed E-state index contributed by atoms with van der Waals surface area (Å²) in [6, 6.07) is 10.1. The first-order chi connectivity index (χ1) is 5.70. The Labute approximate surface area is 73.9 Å². The Morgan fingerprint density at radius 1 is 1.25 bits per heavy atom. The third-order valence-corrected chi connectivity index (χ3v) is 1.70. The first kappa shape index (κ1) is 9.01. The van der Waals surface area contributed by atoms with Gasteiger partial charge in [0.15, 0.2) is 0 Å². The van der Waals surface area contributed by atoms with Gasteiger partial charge in [-0.2, -0.15) is 0 Å². The molecule has 0 saturated heterocycles. The summed E-state index contributed by atoms with van der Waals surface area (Å²) in [6.07, 6.45) is 2.06. The zero-order chi connectivity index (χ0) is 8.97. The predicted molar refractivity (Wildman–Crippen MR) is 52.8 cm³/mol. The van der Waals surface area contributed by atoms with Crippen molar-refractivity contribution in [1.29, 1.82) is 0 Å². The van der Waals surface area contributed by atoms with Gasteiger partial charge in [-0.25, -0.2) is 0 Å². The van der Waals surface area contributed by atoms with Crippen LogP contribution in [-0.2, 0) is 0 Å². The molecule has 0 heterocycles. The van der Waals surface area contributed by atoms with E-state index in [0.29, 0.717) is 0 Å². The second-order valence-electron chi connectivity index (χ2n) is 3.18. The summed E-state index contributed by atoms with van der Waals surface area (Å²) in [5.41, 5.74) is 8.34. The van der Waals surface area contributed by atoms with Crippen LogP contribution < -0.4 is 5.73 Å². The Hall–Kier alpha value is -1.08. The van der Waals surface area contributed by atoms with Gasteiger partial charge in [0, 0.05) is 6.04 Å². The summed E-state index contributed by atoms with van der Waals surface area (Å²) >= 11 is 0. The average Bonchev–Trinajstić information content (AvgIpc) is 2.05. The van der Waals surface area contributed by atoms with Crippen molar-refractivity contribution in [3.63, 3.8) is 0 Å². The Balaban J connectivity index is 2.79. The number of hydrogen-bond acceptors (Lipinski definition) is 1. The molecular weight excluding hydrogens is 146 g/mol. The number of rotatable bonds is 2. The molecular formula is C11H15N. The minimum absolute atomic E-state index is 0.0381. The number of nitrogens with two attached hydrogens (primary N) is 1. The van der Waals surface area contributed by atoms with Gasteiger partial charge < -0.3 is 5.73 Å².